The van der Waals surface area contributed by atoms with Gasteiger partial charge in [-0.05, 0) is 19.4 Å². The standard InChI is InChI=1S/C16H18N4O3/c1-16(6-7-23-13-5-3-2-4-12(13)16)15(22)19-11-8-18-20(9-11)10-14(17)21/h2-5,8-9H,6-7,10H2,1H3,(H2,17,21)(H,19,22). The predicted octanol–water partition coefficient (Wildman–Crippen LogP) is 1.05. The van der Waals surface area contributed by atoms with E-state index in [4.69, 9.17) is 10.5 Å². The van der Waals surface area contributed by atoms with Crippen molar-refractivity contribution >= 4 is 17.5 Å². The number of hydrogen-bond donors (Lipinski definition) is 2. The number of para-hydroxylation sites is 1. The molecule has 1 aromatic carbocycles. The largest absolute Gasteiger partial charge is 0.493 e. The molecule has 2 aromatic rings. The smallest absolute Gasteiger partial charge is 0.239 e. The number of rotatable bonds is 4. The zero-order valence-electron chi connectivity index (χ0n) is 12.8. The van der Waals surface area contributed by atoms with E-state index in [-0.39, 0.29) is 12.5 Å². The van der Waals surface area contributed by atoms with E-state index in [1.165, 1.54) is 10.9 Å². The summed E-state index contributed by atoms with van der Waals surface area (Å²) in [6.45, 7) is 2.36. The minimum absolute atomic E-state index is 0.0240. The molecule has 120 valence electrons. The average Bonchev–Trinajstić information content (AvgIpc) is 2.94. The molecule has 0 bridgehead atoms. The highest BCUT2D eigenvalue weighted by molar-refractivity contribution is 5.99. The number of aromatic nitrogens is 2. The fraction of sp³-hybridized carbons (Fsp3) is 0.312. The molecule has 0 saturated heterocycles. The van der Waals surface area contributed by atoms with Gasteiger partial charge in [0.1, 0.15) is 12.3 Å². The molecule has 0 spiro atoms. The monoisotopic (exact) mass is 314 g/mol. The first-order valence-corrected chi connectivity index (χ1v) is 7.33. The molecule has 2 amide bonds. The lowest BCUT2D eigenvalue weighted by molar-refractivity contribution is -0.122. The summed E-state index contributed by atoms with van der Waals surface area (Å²) in [6, 6.07) is 7.55. The van der Waals surface area contributed by atoms with Crippen LogP contribution in [-0.2, 0) is 21.5 Å². The van der Waals surface area contributed by atoms with E-state index in [0.29, 0.717) is 18.7 Å². The Morgan fingerprint density at radius 2 is 2.22 bits per heavy atom. The van der Waals surface area contributed by atoms with Crippen LogP contribution in [0.3, 0.4) is 0 Å². The molecule has 23 heavy (non-hydrogen) atoms. The van der Waals surface area contributed by atoms with Crippen molar-refractivity contribution < 1.29 is 14.3 Å². The maximum Gasteiger partial charge on any atom is 0.239 e. The van der Waals surface area contributed by atoms with Gasteiger partial charge in [0.2, 0.25) is 11.8 Å². The summed E-state index contributed by atoms with van der Waals surface area (Å²) in [5.41, 5.74) is 5.84. The topological polar surface area (TPSA) is 99.2 Å². The number of nitrogens with two attached hydrogens (primary N) is 1. The number of primary amides is 1. The highest BCUT2D eigenvalue weighted by Crippen LogP contribution is 2.39. The second-order valence-electron chi connectivity index (χ2n) is 5.77. The Morgan fingerprint density at radius 3 is 3.00 bits per heavy atom. The first kappa shape index (κ1) is 15.1. The van der Waals surface area contributed by atoms with E-state index in [9.17, 15) is 9.59 Å². The minimum Gasteiger partial charge on any atom is -0.493 e. The van der Waals surface area contributed by atoms with Crippen LogP contribution in [0, 0.1) is 0 Å². The summed E-state index contributed by atoms with van der Waals surface area (Å²) in [5.74, 6) is 0.115. The van der Waals surface area contributed by atoms with Gasteiger partial charge >= 0.3 is 0 Å². The summed E-state index contributed by atoms with van der Waals surface area (Å²) >= 11 is 0. The summed E-state index contributed by atoms with van der Waals surface area (Å²) < 4.78 is 7.01. The Balaban J connectivity index is 1.81. The molecular weight excluding hydrogens is 296 g/mol. The van der Waals surface area contributed by atoms with Crippen molar-refractivity contribution in [1.29, 1.82) is 0 Å². The van der Waals surface area contributed by atoms with Gasteiger partial charge in [-0.15, -0.1) is 0 Å². The van der Waals surface area contributed by atoms with E-state index in [2.05, 4.69) is 10.4 Å². The van der Waals surface area contributed by atoms with Gasteiger partial charge in [0.05, 0.1) is 23.9 Å². The van der Waals surface area contributed by atoms with Crippen molar-refractivity contribution in [2.75, 3.05) is 11.9 Å². The van der Waals surface area contributed by atoms with Gasteiger partial charge in [-0.3, -0.25) is 14.3 Å². The third kappa shape index (κ3) is 2.90. The average molecular weight is 314 g/mol. The fourth-order valence-corrected chi connectivity index (χ4v) is 2.73. The number of nitrogens with zero attached hydrogens (tertiary/aromatic N) is 2. The Kier molecular flexibility index (Phi) is 3.77. The molecule has 0 saturated carbocycles. The first-order valence-electron chi connectivity index (χ1n) is 7.33. The van der Waals surface area contributed by atoms with E-state index < -0.39 is 11.3 Å². The lowest BCUT2D eigenvalue weighted by Crippen LogP contribution is -2.41. The molecule has 1 aliphatic heterocycles. The zero-order valence-corrected chi connectivity index (χ0v) is 12.8. The SMILES string of the molecule is CC1(C(=O)Nc2cnn(CC(N)=O)c2)CCOc2ccccc21. The van der Waals surface area contributed by atoms with E-state index >= 15 is 0 Å². The molecule has 0 fully saturated rings. The normalized spacial score (nSPS) is 19.5. The molecule has 1 unspecified atom stereocenters. The highest BCUT2D eigenvalue weighted by Gasteiger charge is 2.40. The summed E-state index contributed by atoms with van der Waals surface area (Å²) in [5, 5.41) is 6.85. The quantitative estimate of drug-likeness (QED) is 0.881. The van der Waals surface area contributed by atoms with Crippen LogP contribution in [0.2, 0.25) is 0 Å². The summed E-state index contributed by atoms with van der Waals surface area (Å²) in [4.78, 5) is 23.7. The van der Waals surface area contributed by atoms with Crippen molar-refractivity contribution in [3.63, 3.8) is 0 Å². The van der Waals surface area contributed by atoms with Crippen LogP contribution in [0.4, 0.5) is 5.69 Å². The molecule has 1 atom stereocenters. The van der Waals surface area contributed by atoms with Gasteiger partial charge in [0, 0.05) is 11.8 Å². The van der Waals surface area contributed by atoms with E-state index in [1.54, 1.807) is 6.20 Å². The lowest BCUT2D eigenvalue weighted by atomic mass is 9.77. The molecule has 7 heteroatoms. The molecule has 3 rings (SSSR count). The molecule has 1 aromatic heterocycles. The molecule has 1 aliphatic rings. The van der Waals surface area contributed by atoms with Crippen LogP contribution in [0.25, 0.3) is 0 Å². The third-order valence-electron chi connectivity index (χ3n) is 4.05. The summed E-state index contributed by atoms with van der Waals surface area (Å²) in [7, 11) is 0. The van der Waals surface area contributed by atoms with Crippen molar-refractivity contribution in [2.24, 2.45) is 5.73 Å². The van der Waals surface area contributed by atoms with Crippen molar-refractivity contribution in [3.05, 3.63) is 42.2 Å². The summed E-state index contributed by atoms with van der Waals surface area (Å²) in [6.07, 6.45) is 3.66. The van der Waals surface area contributed by atoms with Gasteiger partial charge in [-0.2, -0.15) is 5.10 Å². The van der Waals surface area contributed by atoms with Crippen LogP contribution in [0.5, 0.6) is 5.75 Å². The van der Waals surface area contributed by atoms with Crippen LogP contribution in [0.15, 0.2) is 36.7 Å². The van der Waals surface area contributed by atoms with Gasteiger partial charge < -0.3 is 15.8 Å². The van der Waals surface area contributed by atoms with Crippen molar-refractivity contribution in [3.8, 4) is 5.75 Å². The molecule has 3 N–H and O–H groups in total. The van der Waals surface area contributed by atoms with Crippen LogP contribution in [0.1, 0.15) is 18.9 Å². The minimum atomic E-state index is -0.680. The van der Waals surface area contributed by atoms with Crippen molar-refractivity contribution in [2.45, 2.75) is 25.3 Å². The Labute approximate surface area is 133 Å². The van der Waals surface area contributed by atoms with Crippen LogP contribution >= 0.6 is 0 Å². The number of ether oxygens (including phenoxy) is 1. The molecule has 0 radical (unpaired) electrons. The van der Waals surface area contributed by atoms with E-state index in [0.717, 1.165) is 11.3 Å². The molecular formula is C16H18N4O3. The fourth-order valence-electron chi connectivity index (χ4n) is 2.73. The number of carbonyl (C=O) groups is 2. The number of amides is 2. The Morgan fingerprint density at radius 1 is 1.43 bits per heavy atom. The molecule has 2 heterocycles. The second kappa shape index (κ2) is 5.75. The van der Waals surface area contributed by atoms with E-state index in [1.807, 2.05) is 31.2 Å². The number of anilines is 1. The lowest BCUT2D eigenvalue weighted by Gasteiger charge is -2.34. The van der Waals surface area contributed by atoms with Gasteiger partial charge in [0.15, 0.2) is 0 Å². The zero-order chi connectivity index (χ0) is 16.4. The number of fused-ring (bicyclic) bond motifs is 1. The predicted molar refractivity (Wildman–Crippen MR) is 84.0 cm³/mol. The first-order chi connectivity index (χ1) is 11.0. The van der Waals surface area contributed by atoms with Gasteiger partial charge in [-0.25, -0.2) is 0 Å². The second-order valence-corrected chi connectivity index (χ2v) is 5.77. The number of nitrogens with one attached hydrogen (secondary N) is 1. The van der Waals surface area contributed by atoms with Crippen molar-refractivity contribution in [1.82, 2.24) is 9.78 Å². The highest BCUT2D eigenvalue weighted by atomic mass is 16.5. The molecule has 0 aliphatic carbocycles. The molecule has 7 nitrogen and oxygen atoms in total. The van der Waals surface area contributed by atoms with Crippen LogP contribution in [-0.4, -0.2) is 28.2 Å². The number of hydrogen-bond acceptors (Lipinski definition) is 4. The van der Waals surface area contributed by atoms with Gasteiger partial charge in [-0.1, -0.05) is 18.2 Å². The maximum absolute atomic E-state index is 12.8. The third-order valence-corrected chi connectivity index (χ3v) is 4.05. The van der Waals surface area contributed by atoms with Gasteiger partial charge in [0.25, 0.3) is 0 Å². The van der Waals surface area contributed by atoms with Crippen LogP contribution < -0.4 is 15.8 Å². The maximum atomic E-state index is 12.8. The Hall–Kier alpha value is -2.83. The Bertz CT molecular complexity index is 755. The number of carbonyl (C=O) groups excluding carboxylic acids is 2. The number of benzene rings is 1.